The Kier molecular flexibility index (Phi) is 7.06. The Balaban J connectivity index is 2.42. The number of nitrogens with zero attached hydrogens (tertiary/aromatic N) is 2. The molecule has 6 nitrogen and oxygen atoms in total. The van der Waals surface area contributed by atoms with E-state index in [0.717, 1.165) is 12.8 Å². The number of carboxylic acid groups (broad SMARTS) is 1. The molecule has 1 heterocycles. The quantitative estimate of drug-likeness (QED) is 0.678. The Morgan fingerprint density at radius 3 is 2.38 bits per heavy atom. The topological polar surface area (TPSA) is 72.9 Å². The van der Waals surface area contributed by atoms with Crippen molar-refractivity contribution in [1.29, 1.82) is 0 Å². The molecule has 1 aliphatic heterocycles. The second kappa shape index (κ2) is 9.05. The van der Waals surface area contributed by atoms with Crippen LogP contribution in [0.5, 0.6) is 0 Å². The maximum absolute atomic E-state index is 12.9. The molecule has 0 aliphatic carbocycles. The molecular weight excluding hydrogens is 354 g/mol. The van der Waals surface area contributed by atoms with Gasteiger partial charge in [-0.25, -0.2) is 10.2 Å². The van der Waals surface area contributed by atoms with Crippen LogP contribution in [0.1, 0.15) is 49.5 Å². The van der Waals surface area contributed by atoms with Gasteiger partial charge in [-0.15, -0.1) is 0 Å². The van der Waals surface area contributed by atoms with Gasteiger partial charge in [-0.1, -0.05) is 38.4 Å². The molecule has 0 bridgehead atoms. The van der Waals surface area contributed by atoms with Gasteiger partial charge in [0.25, 0.3) is 5.91 Å². The van der Waals surface area contributed by atoms with Crippen molar-refractivity contribution in [3.63, 3.8) is 0 Å². The number of carboxylic acids is 1. The van der Waals surface area contributed by atoms with Crippen molar-refractivity contribution in [2.24, 2.45) is 0 Å². The minimum Gasteiger partial charge on any atom is -0.478 e. The molecule has 0 saturated heterocycles. The molecule has 0 spiro atoms. The molecule has 0 unspecified atom stereocenters. The number of amides is 1. The Hall–Kier alpha value is -2.05. The molecule has 26 heavy (non-hydrogen) atoms. The van der Waals surface area contributed by atoms with E-state index < -0.39 is 5.97 Å². The van der Waals surface area contributed by atoms with Crippen molar-refractivity contribution in [2.45, 2.75) is 33.6 Å². The van der Waals surface area contributed by atoms with E-state index in [1.54, 1.807) is 18.2 Å². The van der Waals surface area contributed by atoms with Crippen LogP contribution in [0, 0.1) is 6.42 Å². The molecule has 0 aromatic heterocycles. The normalized spacial score (nSPS) is 13.6. The fourth-order valence-corrected chi connectivity index (χ4v) is 3.22. The highest BCUT2D eigenvalue weighted by molar-refractivity contribution is 6.34. The highest BCUT2D eigenvalue weighted by Gasteiger charge is 2.29. The molecule has 1 aliphatic rings. The summed E-state index contributed by atoms with van der Waals surface area (Å²) in [6, 6.07) is 5.25. The zero-order valence-electron chi connectivity index (χ0n) is 15.4. The third kappa shape index (κ3) is 4.19. The van der Waals surface area contributed by atoms with Crippen LogP contribution in [0.25, 0.3) is 0 Å². The van der Waals surface area contributed by atoms with Gasteiger partial charge < -0.3 is 10.0 Å². The monoisotopic (exact) mass is 378 g/mol. The number of benzene rings is 1. The van der Waals surface area contributed by atoms with Gasteiger partial charge in [0.15, 0.2) is 0 Å². The largest absolute Gasteiger partial charge is 0.478 e. The number of hydrogen-bond donors (Lipinski definition) is 2. The number of aliphatic carboxylic acids is 1. The van der Waals surface area contributed by atoms with Gasteiger partial charge in [-0.3, -0.25) is 9.80 Å². The van der Waals surface area contributed by atoms with Crippen molar-refractivity contribution in [3.05, 3.63) is 46.5 Å². The molecule has 2 N–H and O–H groups in total. The molecule has 0 saturated carbocycles. The highest BCUT2D eigenvalue weighted by Crippen LogP contribution is 2.36. The number of hydrogen-bond acceptors (Lipinski definition) is 4. The lowest BCUT2D eigenvalue weighted by Crippen LogP contribution is -2.40. The van der Waals surface area contributed by atoms with Gasteiger partial charge in [0.05, 0.1) is 11.3 Å². The average molecular weight is 379 g/mol. The van der Waals surface area contributed by atoms with Crippen LogP contribution in [0.3, 0.4) is 0 Å². The lowest BCUT2D eigenvalue weighted by Gasteiger charge is -2.32. The number of anilines is 1. The molecule has 0 atom stereocenters. The lowest BCUT2D eigenvalue weighted by atomic mass is 9.98. The fourth-order valence-electron chi connectivity index (χ4n) is 2.93. The molecule has 1 amide bonds. The van der Waals surface area contributed by atoms with E-state index in [1.165, 1.54) is 11.4 Å². The Labute approximate surface area is 159 Å². The van der Waals surface area contributed by atoms with E-state index in [0.29, 0.717) is 36.4 Å². The van der Waals surface area contributed by atoms with Crippen LogP contribution in [-0.4, -0.2) is 41.5 Å². The van der Waals surface area contributed by atoms with Crippen LogP contribution in [0.4, 0.5) is 5.69 Å². The van der Waals surface area contributed by atoms with Crippen LogP contribution < -0.4 is 10.4 Å². The van der Waals surface area contributed by atoms with Crippen molar-refractivity contribution in [1.82, 2.24) is 10.3 Å². The smallest absolute Gasteiger partial charge is 0.335 e. The molecule has 141 valence electrons. The molecule has 2 rings (SSSR count). The van der Waals surface area contributed by atoms with Gasteiger partial charge in [-0.05, 0) is 30.5 Å². The van der Waals surface area contributed by atoms with Crippen LogP contribution in [0.2, 0.25) is 0 Å². The standard InChI is InChI=1S/C19H25ClN3O3/c1-4-9-22(10-5-2)18(24)14-8-7-13-11-15(19(25)26)17(20)23(21-6-3)16(13)12-14/h7-8,11-12,21H,4-6,9-10H2,1-3H3,(H,25,26). The Morgan fingerprint density at radius 1 is 1.19 bits per heavy atom. The first-order valence-corrected chi connectivity index (χ1v) is 9.27. The van der Waals surface area contributed by atoms with Gasteiger partial charge >= 0.3 is 5.97 Å². The summed E-state index contributed by atoms with van der Waals surface area (Å²) < 4.78 is 0. The summed E-state index contributed by atoms with van der Waals surface area (Å²) in [5.41, 5.74) is 4.99. The predicted octanol–water partition coefficient (Wildman–Crippen LogP) is 3.38. The summed E-state index contributed by atoms with van der Waals surface area (Å²) in [7, 11) is 0. The Bertz CT molecular complexity index is 712. The first-order valence-electron chi connectivity index (χ1n) is 8.89. The number of fused-ring (bicyclic) bond motifs is 1. The van der Waals surface area contributed by atoms with Crippen LogP contribution in [0.15, 0.2) is 28.9 Å². The SMILES string of the molecule is CCCN(CCC)C(=O)c1ccc2c(c1)N(NCC)C(Cl)=C(C(=O)O)[CH]2. The minimum atomic E-state index is -1.10. The number of carbonyl (C=O) groups excluding carboxylic acids is 1. The zero-order valence-corrected chi connectivity index (χ0v) is 16.1. The van der Waals surface area contributed by atoms with E-state index in [4.69, 9.17) is 11.6 Å². The summed E-state index contributed by atoms with van der Waals surface area (Å²) in [5.74, 6) is -1.13. The molecule has 0 fully saturated rings. The minimum absolute atomic E-state index is 0.0118. The second-order valence-corrected chi connectivity index (χ2v) is 6.42. The van der Waals surface area contributed by atoms with Gasteiger partial charge in [0.2, 0.25) is 0 Å². The first kappa shape index (κ1) is 20.3. The average Bonchev–Trinajstić information content (AvgIpc) is 2.62. The predicted molar refractivity (Wildman–Crippen MR) is 103 cm³/mol. The Morgan fingerprint density at radius 2 is 1.85 bits per heavy atom. The number of rotatable bonds is 8. The summed E-state index contributed by atoms with van der Waals surface area (Å²) in [6.45, 7) is 7.94. The van der Waals surface area contributed by atoms with Crippen LogP contribution >= 0.6 is 11.6 Å². The molecular formula is C19H25ClN3O3. The number of halogens is 1. The first-order chi connectivity index (χ1) is 12.4. The highest BCUT2D eigenvalue weighted by atomic mass is 35.5. The van der Waals surface area contributed by atoms with Gasteiger partial charge in [0.1, 0.15) is 5.16 Å². The summed E-state index contributed by atoms with van der Waals surface area (Å²) >= 11 is 6.28. The van der Waals surface area contributed by atoms with Crippen molar-refractivity contribution >= 4 is 29.2 Å². The number of nitrogens with one attached hydrogen (secondary N) is 1. The van der Waals surface area contributed by atoms with Gasteiger partial charge in [0, 0.05) is 31.6 Å². The molecule has 7 heteroatoms. The fraction of sp³-hybridized carbons (Fsp3) is 0.421. The molecule has 1 aromatic rings. The summed E-state index contributed by atoms with van der Waals surface area (Å²) in [4.78, 5) is 26.1. The van der Waals surface area contributed by atoms with E-state index in [2.05, 4.69) is 5.43 Å². The van der Waals surface area contributed by atoms with Crippen molar-refractivity contribution in [2.75, 3.05) is 24.6 Å². The summed E-state index contributed by atoms with van der Waals surface area (Å²) in [6.07, 6.45) is 3.31. The van der Waals surface area contributed by atoms with Gasteiger partial charge in [-0.2, -0.15) is 0 Å². The maximum atomic E-state index is 12.9. The van der Waals surface area contributed by atoms with Crippen molar-refractivity contribution < 1.29 is 14.7 Å². The molecule has 1 aromatic carbocycles. The van der Waals surface area contributed by atoms with Crippen molar-refractivity contribution in [3.8, 4) is 0 Å². The maximum Gasteiger partial charge on any atom is 0.335 e. The van der Waals surface area contributed by atoms with E-state index in [9.17, 15) is 14.7 Å². The number of carbonyl (C=O) groups is 2. The van der Waals surface area contributed by atoms with E-state index >= 15 is 0 Å². The van der Waals surface area contributed by atoms with E-state index in [-0.39, 0.29) is 16.6 Å². The third-order valence-electron chi connectivity index (χ3n) is 4.06. The zero-order chi connectivity index (χ0) is 19.3. The third-order valence-corrected chi connectivity index (χ3v) is 4.43. The second-order valence-electron chi connectivity index (χ2n) is 6.07. The summed E-state index contributed by atoms with van der Waals surface area (Å²) in [5, 5.41) is 11.0. The molecule has 1 radical (unpaired) electrons. The van der Waals surface area contributed by atoms with E-state index in [1.807, 2.05) is 25.7 Å². The van der Waals surface area contributed by atoms with Crippen LogP contribution in [-0.2, 0) is 4.79 Å². The number of hydrazine groups is 1. The lowest BCUT2D eigenvalue weighted by molar-refractivity contribution is -0.132.